The van der Waals surface area contributed by atoms with Crippen molar-refractivity contribution in [3.8, 4) is 0 Å². The van der Waals surface area contributed by atoms with Crippen LogP contribution in [0.3, 0.4) is 0 Å². The first-order valence-corrected chi connectivity index (χ1v) is 7.09. The third-order valence-electron chi connectivity index (χ3n) is 2.19. The van der Waals surface area contributed by atoms with Crippen molar-refractivity contribution in [2.75, 3.05) is 19.3 Å². The first-order valence-electron chi connectivity index (χ1n) is 4.76. The molecule has 88 valence electrons. The number of allylic oxidation sites excluding steroid dienone is 1. The molecule has 15 heavy (non-hydrogen) atoms. The number of rotatable bonds is 3. The van der Waals surface area contributed by atoms with E-state index in [1.807, 2.05) is 0 Å². The molecular weight excluding hydrogens is 230 g/mol. The van der Waals surface area contributed by atoms with E-state index in [0.29, 0.717) is 18.7 Å². The van der Waals surface area contributed by atoms with E-state index in [0.717, 1.165) is 12.8 Å². The number of thiol groups is 1. The van der Waals surface area contributed by atoms with Crippen LogP contribution in [0.4, 0.5) is 0 Å². The molecule has 1 fully saturated rings. The summed E-state index contributed by atoms with van der Waals surface area (Å²) in [6.45, 7) is 10.0. The van der Waals surface area contributed by atoms with Crippen LogP contribution in [-0.2, 0) is 10.0 Å². The van der Waals surface area contributed by atoms with Crippen molar-refractivity contribution >= 4 is 22.7 Å². The number of hydrogen-bond donors (Lipinski definition) is 1. The zero-order valence-electron chi connectivity index (χ0n) is 9.36. The monoisotopic (exact) mass is 249 g/mol. The minimum absolute atomic E-state index is 0.148. The fourth-order valence-corrected chi connectivity index (χ4v) is 2.80. The molecule has 0 radical (unpaired) electrons. The molecule has 0 aromatic heterocycles. The molecule has 0 aromatic carbocycles. The molecule has 1 aliphatic heterocycles. The van der Waals surface area contributed by atoms with Gasteiger partial charge in [-0.1, -0.05) is 13.2 Å². The van der Waals surface area contributed by atoms with Crippen molar-refractivity contribution in [2.24, 2.45) is 0 Å². The molecule has 0 amide bonds. The number of nitrogens with zero attached hydrogens (tertiary/aromatic N) is 1. The largest absolute Gasteiger partial charge is 0.242 e. The van der Waals surface area contributed by atoms with Crippen molar-refractivity contribution in [3.63, 3.8) is 0 Å². The van der Waals surface area contributed by atoms with E-state index < -0.39 is 10.0 Å². The summed E-state index contributed by atoms with van der Waals surface area (Å²) in [6, 6.07) is 0. The summed E-state index contributed by atoms with van der Waals surface area (Å²) in [7, 11) is -3.30. The average Bonchev–Trinajstić information content (AvgIpc) is 2.73. The third kappa shape index (κ3) is 3.66. The van der Waals surface area contributed by atoms with Crippen molar-refractivity contribution in [2.45, 2.75) is 19.8 Å². The molecule has 1 heterocycles. The summed E-state index contributed by atoms with van der Waals surface area (Å²) in [6.07, 6.45) is 3.59. The molecule has 1 rings (SSSR count). The molecule has 1 aliphatic rings. The van der Waals surface area contributed by atoms with Crippen LogP contribution in [-0.4, -0.2) is 32.1 Å². The smallest absolute Gasteiger partial charge is 0.207 e. The zero-order valence-corrected chi connectivity index (χ0v) is 11.1. The van der Waals surface area contributed by atoms with Crippen molar-refractivity contribution in [3.05, 3.63) is 23.6 Å². The predicted octanol–water partition coefficient (Wildman–Crippen LogP) is 2.05. The highest BCUT2D eigenvalue weighted by Gasteiger charge is 2.27. The third-order valence-corrected chi connectivity index (χ3v) is 4.21. The number of hydrogen-bond acceptors (Lipinski definition) is 3. The number of sulfonamides is 1. The molecule has 0 aromatic rings. The Hall–Kier alpha value is -0.260. The first-order chi connectivity index (χ1) is 6.96. The molecule has 0 bridgehead atoms. The van der Waals surface area contributed by atoms with Gasteiger partial charge in [0.15, 0.2) is 0 Å². The van der Waals surface area contributed by atoms with Gasteiger partial charge in [-0.05, 0) is 31.6 Å². The maximum Gasteiger partial charge on any atom is 0.242 e. The highest BCUT2D eigenvalue weighted by molar-refractivity contribution is 7.93. The van der Waals surface area contributed by atoms with Gasteiger partial charge in [0.05, 0.1) is 4.91 Å². The fourth-order valence-electron chi connectivity index (χ4n) is 1.30. The molecule has 0 aliphatic carbocycles. The molecule has 0 spiro atoms. The highest BCUT2D eigenvalue weighted by Crippen LogP contribution is 2.21. The molecule has 0 saturated carbocycles. The van der Waals surface area contributed by atoms with E-state index in [1.54, 1.807) is 13.2 Å². The average molecular weight is 249 g/mol. The first kappa shape index (κ1) is 14.7. The molecule has 1 saturated heterocycles. The van der Waals surface area contributed by atoms with Crippen LogP contribution >= 0.6 is 12.6 Å². The van der Waals surface area contributed by atoms with Crippen molar-refractivity contribution in [1.82, 2.24) is 4.31 Å². The van der Waals surface area contributed by atoms with Gasteiger partial charge in [0.1, 0.15) is 0 Å². The Morgan fingerprint density at radius 1 is 1.20 bits per heavy atom. The van der Waals surface area contributed by atoms with E-state index in [2.05, 4.69) is 25.8 Å². The van der Waals surface area contributed by atoms with Gasteiger partial charge in [0, 0.05) is 13.1 Å². The second-order valence-electron chi connectivity index (χ2n) is 3.31. The van der Waals surface area contributed by atoms with Gasteiger partial charge in [0.2, 0.25) is 10.0 Å². The lowest BCUT2D eigenvalue weighted by Gasteiger charge is -2.16. The molecular formula is C10H19NO2S2. The molecule has 0 atom stereocenters. The predicted molar refractivity (Wildman–Crippen MR) is 68.6 cm³/mol. The molecule has 5 heteroatoms. The van der Waals surface area contributed by atoms with Gasteiger partial charge in [-0.2, -0.15) is 16.9 Å². The van der Waals surface area contributed by atoms with E-state index >= 15 is 0 Å². The van der Waals surface area contributed by atoms with E-state index in [9.17, 15) is 8.42 Å². The minimum Gasteiger partial charge on any atom is -0.207 e. The van der Waals surface area contributed by atoms with Gasteiger partial charge in [-0.25, -0.2) is 8.42 Å². The Labute approximate surface area is 98.3 Å². The van der Waals surface area contributed by atoms with Crippen LogP contribution in [0.2, 0.25) is 0 Å². The standard InChI is InChI=1S/C9H15NO2S.CH4S/c1-8(2)9(3)13(11,12)10-6-4-5-7-10;1-2/h1,3-7H2,2H3;2H,1H3. The Bertz CT molecular complexity index is 327. The summed E-state index contributed by atoms with van der Waals surface area (Å²) in [4.78, 5) is 0.148. The van der Waals surface area contributed by atoms with E-state index in [-0.39, 0.29) is 4.91 Å². The summed E-state index contributed by atoms with van der Waals surface area (Å²) >= 11 is 3.53. The van der Waals surface area contributed by atoms with Crippen molar-refractivity contribution < 1.29 is 8.42 Å². The van der Waals surface area contributed by atoms with Gasteiger partial charge in [0.25, 0.3) is 0 Å². The molecule has 3 nitrogen and oxygen atoms in total. The molecule has 0 N–H and O–H groups in total. The maximum absolute atomic E-state index is 11.7. The Kier molecular flexibility index (Phi) is 6.24. The Morgan fingerprint density at radius 2 is 1.60 bits per heavy atom. The van der Waals surface area contributed by atoms with Gasteiger partial charge >= 0.3 is 0 Å². The van der Waals surface area contributed by atoms with Gasteiger partial charge in [-0.3, -0.25) is 0 Å². The van der Waals surface area contributed by atoms with Crippen LogP contribution in [0, 0.1) is 0 Å². The lowest BCUT2D eigenvalue weighted by molar-refractivity contribution is 0.484. The zero-order chi connectivity index (χ0) is 12.1. The molecule has 0 unspecified atom stereocenters. The summed E-state index contributed by atoms with van der Waals surface area (Å²) in [5.74, 6) is 0. The normalized spacial score (nSPS) is 16.7. The SMILES string of the molecule is C=C(C)C(=C)S(=O)(=O)N1CCCC1.CS. The van der Waals surface area contributed by atoms with Crippen LogP contribution in [0.15, 0.2) is 23.6 Å². The minimum atomic E-state index is -3.30. The van der Waals surface area contributed by atoms with Crippen LogP contribution in [0.1, 0.15) is 19.8 Å². The lowest BCUT2D eigenvalue weighted by Crippen LogP contribution is -2.28. The quantitative estimate of drug-likeness (QED) is 0.614. The van der Waals surface area contributed by atoms with Crippen LogP contribution in [0.5, 0.6) is 0 Å². The van der Waals surface area contributed by atoms with Gasteiger partial charge in [-0.15, -0.1) is 0 Å². The summed E-state index contributed by atoms with van der Waals surface area (Å²) in [5.41, 5.74) is 0.520. The fraction of sp³-hybridized carbons (Fsp3) is 0.600. The maximum atomic E-state index is 11.7. The lowest BCUT2D eigenvalue weighted by atomic mass is 10.3. The summed E-state index contributed by atoms with van der Waals surface area (Å²) < 4.78 is 25.0. The van der Waals surface area contributed by atoms with E-state index in [1.165, 1.54) is 4.31 Å². The second kappa shape index (κ2) is 6.35. The van der Waals surface area contributed by atoms with Crippen LogP contribution in [0.25, 0.3) is 0 Å². The van der Waals surface area contributed by atoms with Gasteiger partial charge < -0.3 is 0 Å². The Morgan fingerprint density at radius 3 is 1.93 bits per heavy atom. The highest BCUT2D eigenvalue weighted by atomic mass is 32.2. The van der Waals surface area contributed by atoms with Crippen molar-refractivity contribution in [1.29, 1.82) is 0 Å². The van der Waals surface area contributed by atoms with E-state index in [4.69, 9.17) is 0 Å². The summed E-state index contributed by atoms with van der Waals surface area (Å²) in [5, 5.41) is 0. The van der Waals surface area contributed by atoms with Crippen LogP contribution < -0.4 is 0 Å². The topological polar surface area (TPSA) is 37.4 Å². The second-order valence-corrected chi connectivity index (χ2v) is 5.27. The Balaban J connectivity index is 0.000000921.